The summed E-state index contributed by atoms with van der Waals surface area (Å²) < 4.78 is 0. The molecule has 0 amide bonds. The Balaban J connectivity index is 2.45. The summed E-state index contributed by atoms with van der Waals surface area (Å²) in [6, 6.07) is 1.64. The number of nitrogens with one attached hydrogen (secondary N) is 1. The predicted molar refractivity (Wildman–Crippen MR) is 66.3 cm³/mol. The number of carbonyl (C=O) groups excluding carboxylic acids is 1. The number of carbonyl (C=O) groups is 1. The van der Waals surface area contributed by atoms with E-state index in [1.807, 2.05) is 0 Å². The smallest absolute Gasteiger partial charge is 0.152 e. The molecule has 0 radical (unpaired) electrons. The summed E-state index contributed by atoms with van der Waals surface area (Å²) >= 11 is 3.91. The lowest BCUT2D eigenvalue weighted by Crippen LogP contribution is -2.19. The molecule has 0 saturated carbocycles. The Morgan fingerprint density at radius 2 is 2.29 bits per heavy atom. The summed E-state index contributed by atoms with van der Waals surface area (Å²) in [5, 5.41) is 19.9. The number of aliphatic hydroxyl groups is 2. The molecule has 0 aliphatic rings. The molecule has 5 nitrogen and oxygen atoms in total. The van der Waals surface area contributed by atoms with Crippen molar-refractivity contribution in [3.8, 4) is 0 Å². The molecule has 0 spiro atoms. The Labute approximate surface area is 103 Å². The highest BCUT2D eigenvalue weighted by atomic mass is 32.1. The SMILES string of the molecule is O=Cc1c[nH]c2ncc(C(O)C(O)CS)cc12. The zero-order valence-corrected chi connectivity index (χ0v) is 9.76. The topological polar surface area (TPSA) is 86.2 Å². The molecular weight excluding hydrogens is 240 g/mol. The maximum absolute atomic E-state index is 10.8. The second-order valence-corrected chi connectivity index (χ2v) is 4.09. The average Bonchev–Trinajstić information content (AvgIpc) is 2.78. The van der Waals surface area contributed by atoms with Gasteiger partial charge < -0.3 is 15.2 Å². The number of fused-ring (bicyclic) bond motifs is 1. The van der Waals surface area contributed by atoms with Crippen LogP contribution in [0.2, 0.25) is 0 Å². The van der Waals surface area contributed by atoms with Crippen molar-refractivity contribution in [3.63, 3.8) is 0 Å². The van der Waals surface area contributed by atoms with Crippen LogP contribution >= 0.6 is 12.6 Å². The van der Waals surface area contributed by atoms with E-state index in [2.05, 4.69) is 22.6 Å². The van der Waals surface area contributed by atoms with E-state index in [4.69, 9.17) is 0 Å². The minimum atomic E-state index is -1.06. The molecule has 2 aromatic rings. The number of aliphatic hydroxyl groups excluding tert-OH is 2. The maximum Gasteiger partial charge on any atom is 0.152 e. The van der Waals surface area contributed by atoms with E-state index in [0.29, 0.717) is 28.4 Å². The van der Waals surface area contributed by atoms with Crippen LogP contribution in [0.4, 0.5) is 0 Å². The van der Waals surface area contributed by atoms with Gasteiger partial charge in [0, 0.05) is 34.7 Å². The molecule has 17 heavy (non-hydrogen) atoms. The zero-order valence-electron chi connectivity index (χ0n) is 8.87. The van der Waals surface area contributed by atoms with E-state index in [1.165, 1.54) is 6.20 Å². The molecule has 3 N–H and O–H groups in total. The number of aromatic amines is 1. The van der Waals surface area contributed by atoms with Crippen molar-refractivity contribution in [2.24, 2.45) is 0 Å². The Morgan fingerprint density at radius 3 is 2.94 bits per heavy atom. The van der Waals surface area contributed by atoms with Crippen LogP contribution in [0.5, 0.6) is 0 Å². The van der Waals surface area contributed by atoms with Crippen LogP contribution in [0.25, 0.3) is 11.0 Å². The van der Waals surface area contributed by atoms with Crippen molar-refractivity contribution < 1.29 is 15.0 Å². The van der Waals surface area contributed by atoms with Gasteiger partial charge in [-0.05, 0) is 6.07 Å². The van der Waals surface area contributed by atoms with E-state index in [-0.39, 0.29) is 5.75 Å². The molecule has 0 bridgehead atoms. The van der Waals surface area contributed by atoms with Crippen molar-refractivity contribution in [3.05, 3.63) is 29.6 Å². The minimum Gasteiger partial charge on any atom is -0.389 e. The third-order valence-electron chi connectivity index (χ3n) is 2.60. The molecular formula is C11H12N2O3S. The number of hydrogen-bond acceptors (Lipinski definition) is 5. The fraction of sp³-hybridized carbons (Fsp3) is 0.273. The molecule has 0 aliphatic carbocycles. The van der Waals surface area contributed by atoms with Gasteiger partial charge >= 0.3 is 0 Å². The number of nitrogens with zero attached hydrogens (tertiary/aromatic N) is 1. The first-order valence-corrected chi connectivity index (χ1v) is 5.69. The summed E-state index contributed by atoms with van der Waals surface area (Å²) in [6.07, 6.45) is 1.71. The minimum absolute atomic E-state index is 0.146. The average molecular weight is 252 g/mol. The molecule has 0 saturated heterocycles. The quantitative estimate of drug-likeness (QED) is 0.476. The summed E-state index contributed by atoms with van der Waals surface area (Å²) in [4.78, 5) is 17.7. The van der Waals surface area contributed by atoms with Crippen molar-refractivity contribution in [2.45, 2.75) is 12.2 Å². The van der Waals surface area contributed by atoms with Crippen LogP contribution in [0.15, 0.2) is 18.5 Å². The van der Waals surface area contributed by atoms with Crippen molar-refractivity contribution in [2.75, 3.05) is 5.75 Å². The first kappa shape index (κ1) is 12.1. The summed E-state index contributed by atoms with van der Waals surface area (Å²) in [5.74, 6) is 0.146. The Kier molecular flexibility index (Phi) is 3.46. The first-order chi connectivity index (χ1) is 8.17. The van der Waals surface area contributed by atoms with Gasteiger partial charge in [0.2, 0.25) is 0 Å². The van der Waals surface area contributed by atoms with Crippen LogP contribution in [-0.2, 0) is 0 Å². The fourth-order valence-corrected chi connectivity index (χ4v) is 1.82. The molecule has 6 heteroatoms. The van der Waals surface area contributed by atoms with Gasteiger partial charge in [0.05, 0.1) is 6.10 Å². The molecule has 0 aliphatic heterocycles. The number of H-pyrrole nitrogens is 1. The number of aldehydes is 1. The van der Waals surface area contributed by atoms with Crippen LogP contribution in [-0.4, -0.2) is 38.3 Å². The monoisotopic (exact) mass is 252 g/mol. The van der Waals surface area contributed by atoms with Gasteiger partial charge in [0.25, 0.3) is 0 Å². The standard InChI is InChI=1S/C11H12N2O3S/c14-4-7-3-13-11-8(7)1-6(2-12-11)10(16)9(15)5-17/h1-4,9-10,15-17H,5H2,(H,12,13). The fourth-order valence-electron chi connectivity index (χ4n) is 1.62. The molecule has 2 aromatic heterocycles. The summed E-state index contributed by atoms with van der Waals surface area (Å²) in [5.41, 5.74) is 1.51. The second-order valence-electron chi connectivity index (χ2n) is 3.72. The van der Waals surface area contributed by atoms with Crippen molar-refractivity contribution >= 4 is 29.9 Å². The summed E-state index contributed by atoms with van der Waals surface area (Å²) in [7, 11) is 0. The number of pyridine rings is 1. The van der Waals surface area contributed by atoms with Gasteiger partial charge in [-0.15, -0.1) is 0 Å². The number of thiol groups is 1. The second kappa shape index (κ2) is 4.87. The van der Waals surface area contributed by atoms with Crippen molar-refractivity contribution in [1.29, 1.82) is 0 Å². The molecule has 2 rings (SSSR count). The van der Waals surface area contributed by atoms with Gasteiger partial charge in [0.15, 0.2) is 6.29 Å². The van der Waals surface area contributed by atoms with Gasteiger partial charge in [-0.25, -0.2) is 4.98 Å². The Hall–Kier alpha value is -1.37. The molecule has 2 heterocycles. The normalized spacial score (nSPS) is 14.8. The first-order valence-electron chi connectivity index (χ1n) is 5.06. The largest absolute Gasteiger partial charge is 0.389 e. The lowest BCUT2D eigenvalue weighted by molar-refractivity contribution is 0.0336. The van der Waals surface area contributed by atoms with Crippen LogP contribution in [0, 0.1) is 0 Å². The molecule has 0 aromatic carbocycles. The lowest BCUT2D eigenvalue weighted by Gasteiger charge is -2.15. The molecule has 2 atom stereocenters. The predicted octanol–water partition coefficient (Wildman–Crippen LogP) is 0.699. The van der Waals surface area contributed by atoms with E-state index < -0.39 is 12.2 Å². The molecule has 0 fully saturated rings. The van der Waals surface area contributed by atoms with E-state index in [0.717, 1.165) is 0 Å². The van der Waals surface area contributed by atoms with E-state index in [1.54, 1.807) is 12.3 Å². The van der Waals surface area contributed by atoms with Gasteiger partial charge in [-0.3, -0.25) is 4.79 Å². The highest BCUT2D eigenvalue weighted by Crippen LogP contribution is 2.22. The molecule has 90 valence electrons. The van der Waals surface area contributed by atoms with Gasteiger partial charge in [-0.1, -0.05) is 0 Å². The van der Waals surface area contributed by atoms with Crippen LogP contribution in [0.3, 0.4) is 0 Å². The highest BCUT2D eigenvalue weighted by molar-refractivity contribution is 7.80. The van der Waals surface area contributed by atoms with Crippen LogP contribution in [0.1, 0.15) is 22.0 Å². The zero-order chi connectivity index (χ0) is 12.4. The van der Waals surface area contributed by atoms with Crippen LogP contribution < -0.4 is 0 Å². The Bertz CT molecular complexity index is 540. The highest BCUT2D eigenvalue weighted by Gasteiger charge is 2.18. The Morgan fingerprint density at radius 1 is 1.53 bits per heavy atom. The number of hydrogen-bond donors (Lipinski definition) is 4. The lowest BCUT2D eigenvalue weighted by atomic mass is 10.1. The van der Waals surface area contributed by atoms with Gasteiger partial charge in [0.1, 0.15) is 11.8 Å². The molecule has 2 unspecified atom stereocenters. The van der Waals surface area contributed by atoms with E-state index >= 15 is 0 Å². The number of rotatable bonds is 4. The number of aromatic nitrogens is 2. The maximum atomic E-state index is 10.8. The van der Waals surface area contributed by atoms with E-state index in [9.17, 15) is 15.0 Å². The third-order valence-corrected chi connectivity index (χ3v) is 2.98. The third kappa shape index (κ3) is 2.19. The van der Waals surface area contributed by atoms with Crippen molar-refractivity contribution in [1.82, 2.24) is 9.97 Å². The summed E-state index contributed by atoms with van der Waals surface area (Å²) in [6.45, 7) is 0. The van der Waals surface area contributed by atoms with Gasteiger partial charge in [-0.2, -0.15) is 12.6 Å².